The standard InChI is InChI=1S/C12H11BrN2O2/c1-17-12(16)8-4-5-9-10(3-2-6-13)14-15-11(9)7-8/h2-5,7H,6H2,1H3,(H,14,15). The first-order valence-electron chi connectivity index (χ1n) is 5.05. The molecule has 0 saturated heterocycles. The summed E-state index contributed by atoms with van der Waals surface area (Å²) in [5.41, 5.74) is 2.19. The number of methoxy groups -OCH3 is 1. The van der Waals surface area contributed by atoms with Crippen molar-refractivity contribution in [2.75, 3.05) is 12.4 Å². The lowest BCUT2D eigenvalue weighted by Crippen LogP contribution is -2.00. The number of H-pyrrole nitrogens is 1. The van der Waals surface area contributed by atoms with E-state index in [1.807, 2.05) is 18.2 Å². The van der Waals surface area contributed by atoms with Gasteiger partial charge in [-0.25, -0.2) is 4.79 Å². The summed E-state index contributed by atoms with van der Waals surface area (Å²) in [5.74, 6) is -0.348. The molecule has 0 amide bonds. The van der Waals surface area contributed by atoms with Crippen LogP contribution in [0.25, 0.3) is 17.0 Å². The van der Waals surface area contributed by atoms with Crippen LogP contribution < -0.4 is 0 Å². The van der Waals surface area contributed by atoms with Crippen molar-refractivity contribution in [3.63, 3.8) is 0 Å². The summed E-state index contributed by atoms with van der Waals surface area (Å²) in [7, 11) is 1.36. The van der Waals surface area contributed by atoms with E-state index in [0.29, 0.717) is 5.56 Å². The van der Waals surface area contributed by atoms with E-state index in [4.69, 9.17) is 0 Å². The fourth-order valence-corrected chi connectivity index (χ4v) is 1.76. The predicted molar refractivity (Wildman–Crippen MR) is 70.3 cm³/mol. The molecule has 1 aromatic heterocycles. The van der Waals surface area contributed by atoms with Gasteiger partial charge in [0, 0.05) is 10.7 Å². The number of benzene rings is 1. The summed E-state index contributed by atoms with van der Waals surface area (Å²) in [6.45, 7) is 0. The van der Waals surface area contributed by atoms with Gasteiger partial charge in [0.15, 0.2) is 0 Å². The Kier molecular flexibility index (Phi) is 3.58. The topological polar surface area (TPSA) is 55.0 Å². The quantitative estimate of drug-likeness (QED) is 0.699. The third-order valence-corrected chi connectivity index (χ3v) is 2.75. The second kappa shape index (κ2) is 5.14. The smallest absolute Gasteiger partial charge is 0.337 e. The van der Waals surface area contributed by atoms with E-state index >= 15 is 0 Å². The van der Waals surface area contributed by atoms with Crippen molar-refractivity contribution in [3.8, 4) is 0 Å². The molecule has 0 radical (unpaired) electrons. The summed E-state index contributed by atoms with van der Waals surface area (Å²) in [6.07, 6.45) is 3.88. The van der Waals surface area contributed by atoms with Gasteiger partial charge in [-0.05, 0) is 24.3 Å². The Morgan fingerprint density at radius 3 is 3.12 bits per heavy atom. The molecule has 0 unspecified atom stereocenters. The van der Waals surface area contributed by atoms with Crippen LogP contribution in [-0.2, 0) is 4.74 Å². The monoisotopic (exact) mass is 294 g/mol. The Hall–Kier alpha value is -1.62. The molecule has 0 spiro atoms. The molecule has 17 heavy (non-hydrogen) atoms. The van der Waals surface area contributed by atoms with Gasteiger partial charge in [0.1, 0.15) is 0 Å². The van der Waals surface area contributed by atoms with Crippen LogP contribution in [0.5, 0.6) is 0 Å². The maximum absolute atomic E-state index is 11.4. The summed E-state index contributed by atoms with van der Waals surface area (Å²) in [5, 5.41) is 8.83. The minimum absolute atomic E-state index is 0.348. The van der Waals surface area contributed by atoms with Crippen molar-refractivity contribution in [1.82, 2.24) is 10.2 Å². The van der Waals surface area contributed by atoms with Gasteiger partial charge in [-0.3, -0.25) is 5.10 Å². The molecule has 1 aromatic carbocycles. The van der Waals surface area contributed by atoms with Crippen LogP contribution in [0.4, 0.5) is 0 Å². The molecule has 0 atom stereocenters. The fraction of sp³-hybridized carbons (Fsp3) is 0.167. The van der Waals surface area contributed by atoms with Gasteiger partial charge in [0.05, 0.1) is 23.9 Å². The average molecular weight is 295 g/mol. The molecule has 0 aliphatic heterocycles. The number of rotatable bonds is 3. The number of hydrogen-bond acceptors (Lipinski definition) is 3. The van der Waals surface area contributed by atoms with Crippen LogP contribution in [-0.4, -0.2) is 28.6 Å². The number of halogens is 1. The first kappa shape index (κ1) is 11.9. The molecular weight excluding hydrogens is 284 g/mol. The number of alkyl halides is 1. The zero-order chi connectivity index (χ0) is 12.3. The number of aromatic nitrogens is 2. The van der Waals surface area contributed by atoms with Crippen molar-refractivity contribution in [3.05, 3.63) is 35.5 Å². The highest BCUT2D eigenvalue weighted by Crippen LogP contribution is 2.19. The van der Waals surface area contributed by atoms with Crippen molar-refractivity contribution in [1.29, 1.82) is 0 Å². The fourth-order valence-electron chi connectivity index (χ4n) is 1.57. The number of nitrogens with zero attached hydrogens (tertiary/aromatic N) is 1. The predicted octanol–water partition coefficient (Wildman–Crippen LogP) is 2.76. The zero-order valence-electron chi connectivity index (χ0n) is 9.24. The Morgan fingerprint density at radius 1 is 1.59 bits per heavy atom. The Balaban J connectivity index is 2.44. The van der Waals surface area contributed by atoms with E-state index in [-0.39, 0.29) is 5.97 Å². The number of esters is 1. The number of hydrogen-bond donors (Lipinski definition) is 1. The first-order valence-corrected chi connectivity index (χ1v) is 6.17. The van der Waals surface area contributed by atoms with E-state index in [1.54, 1.807) is 12.1 Å². The number of carbonyl (C=O) groups is 1. The normalized spacial score (nSPS) is 11.2. The highest BCUT2D eigenvalue weighted by Gasteiger charge is 2.08. The van der Waals surface area contributed by atoms with Crippen molar-refractivity contribution >= 4 is 38.9 Å². The van der Waals surface area contributed by atoms with Gasteiger partial charge < -0.3 is 4.74 Å². The van der Waals surface area contributed by atoms with Gasteiger partial charge in [0.2, 0.25) is 0 Å². The Labute approximate surface area is 107 Å². The lowest BCUT2D eigenvalue weighted by atomic mass is 10.1. The number of ether oxygens (including phenoxy) is 1. The number of nitrogens with one attached hydrogen (secondary N) is 1. The minimum Gasteiger partial charge on any atom is -0.465 e. The molecule has 1 N–H and O–H groups in total. The number of carbonyl (C=O) groups excluding carboxylic acids is 1. The van der Waals surface area contributed by atoms with Gasteiger partial charge in [-0.2, -0.15) is 5.10 Å². The molecule has 2 rings (SSSR count). The van der Waals surface area contributed by atoms with Gasteiger partial charge in [0.25, 0.3) is 0 Å². The molecule has 0 aliphatic rings. The van der Waals surface area contributed by atoms with Crippen LogP contribution in [0.15, 0.2) is 24.3 Å². The Bertz CT molecular complexity index is 575. The largest absolute Gasteiger partial charge is 0.465 e. The molecule has 0 aliphatic carbocycles. The highest BCUT2D eigenvalue weighted by molar-refractivity contribution is 9.09. The van der Waals surface area contributed by atoms with Crippen LogP contribution >= 0.6 is 15.9 Å². The van der Waals surface area contributed by atoms with Crippen molar-refractivity contribution in [2.24, 2.45) is 0 Å². The summed E-state index contributed by atoms with van der Waals surface area (Å²) < 4.78 is 4.66. The maximum atomic E-state index is 11.4. The van der Waals surface area contributed by atoms with E-state index < -0.39 is 0 Å². The van der Waals surface area contributed by atoms with E-state index in [9.17, 15) is 4.79 Å². The van der Waals surface area contributed by atoms with Crippen LogP contribution in [0.3, 0.4) is 0 Å². The summed E-state index contributed by atoms with van der Waals surface area (Å²) in [6, 6.07) is 5.33. The lowest BCUT2D eigenvalue weighted by Gasteiger charge is -1.98. The molecule has 0 bridgehead atoms. The molecule has 5 heteroatoms. The minimum atomic E-state index is -0.348. The van der Waals surface area contributed by atoms with E-state index in [0.717, 1.165) is 21.9 Å². The summed E-state index contributed by atoms with van der Waals surface area (Å²) in [4.78, 5) is 11.4. The zero-order valence-corrected chi connectivity index (χ0v) is 10.8. The molecule has 2 aromatic rings. The molecular formula is C12H11BrN2O2. The van der Waals surface area contributed by atoms with E-state index in [2.05, 4.69) is 30.9 Å². The highest BCUT2D eigenvalue weighted by atomic mass is 79.9. The van der Waals surface area contributed by atoms with Crippen LogP contribution in [0.2, 0.25) is 0 Å². The average Bonchev–Trinajstić information content (AvgIpc) is 2.77. The Morgan fingerprint density at radius 2 is 2.41 bits per heavy atom. The van der Waals surface area contributed by atoms with Crippen LogP contribution in [0.1, 0.15) is 16.1 Å². The molecule has 0 fully saturated rings. The van der Waals surface area contributed by atoms with Crippen molar-refractivity contribution in [2.45, 2.75) is 0 Å². The van der Waals surface area contributed by atoms with Crippen molar-refractivity contribution < 1.29 is 9.53 Å². The second-order valence-electron chi connectivity index (χ2n) is 3.42. The summed E-state index contributed by atoms with van der Waals surface area (Å²) >= 11 is 3.31. The SMILES string of the molecule is COC(=O)c1ccc2c(C=CCBr)n[nH]c2c1. The van der Waals surface area contributed by atoms with E-state index in [1.165, 1.54) is 7.11 Å². The van der Waals surface area contributed by atoms with Gasteiger partial charge >= 0.3 is 5.97 Å². The molecule has 4 nitrogen and oxygen atoms in total. The number of allylic oxidation sites excluding steroid dienone is 1. The van der Waals surface area contributed by atoms with Crippen LogP contribution in [0, 0.1) is 0 Å². The number of aromatic amines is 1. The lowest BCUT2D eigenvalue weighted by molar-refractivity contribution is 0.0601. The second-order valence-corrected chi connectivity index (χ2v) is 4.06. The third kappa shape index (κ3) is 2.39. The maximum Gasteiger partial charge on any atom is 0.337 e. The van der Waals surface area contributed by atoms with Gasteiger partial charge in [-0.1, -0.05) is 22.0 Å². The van der Waals surface area contributed by atoms with Gasteiger partial charge in [-0.15, -0.1) is 0 Å². The first-order chi connectivity index (χ1) is 8.26. The third-order valence-electron chi connectivity index (χ3n) is 2.38. The molecule has 88 valence electrons. The molecule has 1 heterocycles. The number of fused-ring (bicyclic) bond motifs is 1. The molecule has 0 saturated carbocycles.